The van der Waals surface area contributed by atoms with Crippen molar-refractivity contribution in [3.05, 3.63) is 54.6 Å². The predicted molar refractivity (Wildman–Crippen MR) is 88.6 cm³/mol. The first kappa shape index (κ1) is 16.7. The van der Waals surface area contributed by atoms with E-state index in [0.29, 0.717) is 5.17 Å². The smallest absolute Gasteiger partial charge is 0.180 e. The number of hydrogen-bond donors (Lipinski definition) is 1. The normalized spacial score (nSPS) is 11.7. The van der Waals surface area contributed by atoms with Gasteiger partial charge in [-0.15, -0.1) is 28.7 Å². The molecule has 0 aliphatic carbocycles. The minimum absolute atomic E-state index is 0. The molecular formula is C13H16BrN3S. The van der Waals surface area contributed by atoms with Crippen LogP contribution >= 0.6 is 28.7 Å². The Morgan fingerprint density at radius 2 is 2.06 bits per heavy atom. The zero-order valence-corrected chi connectivity index (χ0v) is 12.4. The Kier molecular flexibility index (Phi) is 10.0. The van der Waals surface area contributed by atoms with E-state index in [1.54, 1.807) is 12.3 Å². The summed E-state index contributed by atoms with van der Waals surface area (Å²) in [5, 5.41) is 8.10. The van der Waals surface area contributed by atoms with Crippen LogP contribution in [0.1, 0.15) is 5.56 Å². The van der Waals surface area contributed by atoms with Crippen LogP contribution in [0.2, 0.25) is 0 Å². The molecule has 0 fully saturated rings. The molecule has 0 atom stereocenters. The molecule has 0 radical (unpaired) electrons. The van der Waals surface area contributed by atoms with Crippen LogP contribution in [0.3, 0.4) is 0 Å². The van der Waals surface area contributed by atoms with Crippen LogP contribution in [0.15, 0.2) is 59.3 Å². The van der Waals surface area contributed by atoms with Crippen LogP contribution in [-0.4, -0.2) is 17.1 Å². The van der Waals surface area contributed by atoms with Gasteiger partial charge >= 0.3 is 0 Å². The highest BCUT2D eigenvalue weighted by Crippen LogP contribution is 2.00. The number of amidine groups is 1. The molecule has 0 heterocycles. The van der Waals surface area contributed by atoms with E-state index in [2.05, 4.69) is 16.8 Å². The lowest BCUT2D eigenvalue weighted by molar-refractivity contribution is 1.25. The maximum Gasteiger partial charge on any atom is 0.180 e. The van der Waals surface area contributed by atoms with Crippen molar-refractivity contribution in [3.8, 4) is 0 Å². The number of nitrogens with two attached hydrogens (primary N) is 1. The van der Waals surface area contributed by atoms with E-state index >= 15 is 0 Å². The Morgan fingerprint density at radius 1 is 1.33 bits per heavy atom. The van der Waals surface area contributed by atoms with Gasteiger partial charge in [-0.2, -0.15) is 5.10 Å². The average Bonchev–Trinajstić information content (AvgIpc) is 2.37. The molecule has 2 N–H and O–H groups in total. The van der Waals surface area contributed by atoms with Gasteiger partial charge in [0.05, 0.1) is 0 Å². The third-order valence-electron chi connectivity index (χ3n) is 1.75. The standard InChI is InChI=1S/C13H15N3S.BrH/c1-2-11-17-13(14)16-15-10-6-9-12-7-4-3-5-8-12;/h2-10H,1,11H2,(H2,14,16);1H. The number of allylic oxidation sites excluding steroid dienone is 1. The van der Waals surface area contributed by atoms with Crippen molar-refractivity contribution in [1.82, 2.24) is 0 Å². The maximum absolute atomic E-state index is 5.58. The Morgan fingerprint density at radius 3 is 2.72 bits per heavy atom. The van der Waals surface area contributed by atoms with E-state index in [9.17, 15) is 0 Å². The van der Waals surface area contributed by atoms with Crippen LogP contribution in [0.5, 0.6) is 0 Å². The molecule has 1 rings (SSSR count). The molecule has 1 aromatic carbocycles. The molecule has 0 amide bonds. The molecule has 0 saturated heterocycles. The molecule has 0 bridgehead atoms. The Labute approximate surface area is 122 Å². The van der Waals surface area contributed by atoms with Crippen molar-refractivity contribution in [3.63, 3.8) is 0 Å². The fourth-order valence-corrected chi connectivity index (χ4v) is 1.41. The minimum atomic E-state index is 0. The molecule has 96 valence electrons. The van der Waals surface area contributed by atoms with Crippen molar-refractivity contribution >= 4 is 46.2 Å². The van der Waals surface area contributed by atoms with Gasteiger partial charge in [0.1, 0.15) is 0 Å². The number of hydrogen-bond acceptors (Lipinski definition) is 3. The summed E-state index contributed by atoms with van der Waals surface area (Å²) in [6.45, 7) is 3.59. The fraction of sp³-hybridized carbons (Fsp3) is 0.0769. The summed E-state index contributed by atoms with van der Waals surface area (Å²) in [5.41, 5.74) is 6.70. The third kappa shape index (κ3) is 7.86. The number of benzene rings is 1. The highest BCUT2D eigenvalue weighted by atomic mass is 79.9. The molecular weight excluding hydrogens is 310 g/mol. The van der Waals surface area contributed by atoms with E-state index in [1.807, 2.05) is 42.5 Å². The van der Waals surface area contributed by atoms with Crippen molar-refractivity contribution in [1.29, 1.82) is 0 Å². The molecule has 0 aromatic heterocycles. The second kappa shape index (κ2) is 10.8. The summed E-state index contributed by atoms with van der Waals surface area (Å²) in [5.74, 6) is 0.741. The fourth-order valence-electron chi connectivity index (χ4n) is 1.02. The van der Waals surface area contributed by atoms with Crippen molar-refractivity contribution in [2.75, 3.05) is 5.75 Å². The van der Waals surface area contributed by atoms with Crippen LogP contribution in [-0.2, 0) is 0 Å². The summed E-state index contributed by atoms with van der Waals surface area (Å²) in [6, 6.07) is 9.98. The van der Waals surface area contributed by atoms with E-state index in [1.165, 1.54) is 11.8 Å². The van der Waals surface area contributed by atoms with Crippen LogP contribution in [0.4, 0.5) is 0 Å². The van der Waals surface area contributed by atoms with E-state index < -0.39 is 0 Å². The lowest BCUT2D eigenvalue weighted by Gasteiger charge is -1.91. The first-order valence-electron chi connectivity index (χ1n) is 5.15. The SMILES string of the molecule is Br.C=CCS/C(N)=N\N=CC=Cc1ccccc1. The molecule has 3 nitrogen and oxygen atoms in total. The molecule has 0 spiro atoms. The van der Waals surface area contributed by atoms with Gasteiger partial charge in [-0.3, -0.25) is 0 Å². The first-order valence-corrected chi connectivity index (χ1v) is 6.13. The van der Waals surface area contributed by atoms with Crippen LogP contribution < -0.4 is 5.73 Å². The highest BCUT2D eigenvalue weighted by Gasteiger charge is 1.87. The summed E-state index contributed by atoms with van der Waals surface area (Å²) in [4.78, 5) is 0. The maximum atomic E-state index is 5.58. The second-order valence-electron chi connectivity index (χ2n) is 3.07. The highest BCUT2D eigenvalue weighted by molar-refractivity contribution is 8.93. The van der Waals surface area contributed by atoms with Gasteiger partial charge in [-0.1, -0.05) is 54.2 Å². The second-order valence-corrected chi connectivity index (χ2v) is 4.11. The van der Waals surface area contributed by atoms with Gasteiger partial charge in [0.15, 0.2) is 5.17 Å². The average molecular weight is 326 g/mol. The van der Waals surface area contributed by atoms with Gasteiger partial charge in [-0.05, 0) is 11.6 Å². The number of thioether (sulfide) groups is 1. The van der Waals surface area contributed by atoms with E-state index in [0.717, 1.165) is 11.3 Å². The Balaban J connectivity index is 0.00000289. The first-order chi connectivity index (χ1) is 8.33. The van der Waals surface area contributed by atoms with Crippen LogP contribution in [0, 0.1) is 0 Å². The van der Waals surface area contributed by atoms with E-state index in [4.69, 9.17) is 5.73 Å². The molecule has 0 aliphatic rings. The van der Waals surface area contributed by atoms with E-state index in [-0.39, 0.29) is 17.0 Å². The zero-order valence-electron chi connectivity index (χ0n) is 9.90. The quantitative estimate of drug-likeness (QED) is 0.390. The molecule has 0 unspecified atom stereocenters. The third-order valence-corrected chi connectivity index (χ3v) is 2.53. The number of halogens is 1. The molecule has 5 heteroatoms. The van der Waals surface area contributed by atoms with Gasteiger partial charge in [0.25, 0.3) is 0 Å². The van der Waals surface area contributed by atoms with Crippen molar-refractivity contribution in [2.45, 2.75) is 0 Å². The topological polar surface area (TPSA) is 50.7 Å². The molecule has 18 heavy (non-hydrogen) atoms. The number of nitrogens with zero attached hydrogens (tertiary/aromatic N) is 2. The van der Waals surface area contributed by atoms with Crippen molar-refractivity contribution in [2.24, 2.45) is 15.9 Å². The molecule has 0 aliphatic heterocycles. The largest absolute Gasteiger partial charge is 0.377 e. The van der Waals surface area contributed by atoms with Crippen LogP contribution in [0.25, 0.3) is 6.08 Å². The van der Waals surface area contributed by atoms with Gasteiger partial charge in [0.2, 0.25) is 0 Å². The monoisotopic (exact) mass is 325 g/mol. The lowest BCUT2D eigenvalue weighted by Crippen LogP contribution is -2.05. The summed E-state index contributed by atoms with van der Waals surface area (Å²) < 4.78 is 0. The summed E-state index contributed by atoms with van der Waals surface area (Å²) >= 11 is 1.40. The predicted octanol–water partition coefficient (Wildman–Crippen LogP) is 3.50. The summed E-state index contributed by atoms with van der Waals surface area (Å²) in [6.07, 6.45) is 7.15. The Bertz CT molecular complexity index is 427. The van der Waals surface area contributed by atoms with Crippen molar-refractivity contribution < 1.29 is 0 Å². The van der Waals surface area contributed by atoms with Gasteiger partial charge in [-0.25, -0.2) is 0 Å². The zero-order chi connectivity index (χ0) is 12.3. The molecule has 1 aromatic rings. The lowest BCUT2D eigenvalue weighted by atomic mass is 10.2. The van der Waals surface area contributed by atoms with Gasteiger partial charge in [0, 0.05) is 12.0 Å². The Hall–Kier alpha value is -1.33. The molecule has 0 saturated carbocycles. The minimum Gasteiger partial charge on any atom is -0.377 e. The summed E-state index contributed by atoms with van der Waals surface area (Å²) in [7, 11) is 0. The van der Waals surface area contributed by atoms with Gasteiger partial charge < -0.3 is 5.73 Å². The number of rotatable bonds is 5.